The molecule has 4 heteroatoms. The van der Waals surface area contributed by atoms with Crippen molar-refractivity contribution in [3.05, 3.63) is 45.2 Å². The van der Waals surface area contributed by atoms with Crippen molar-refractivity contribution in [2.24, 2.45) is 5.73 Å². The second kappa shape index (κ2) is 5.24. The molecule has 0 saturated heterocycles. The molecule has 2 N–H and O–H groups in total. The summed E-state index contributed by atoms with van der Waals surface area (Å²) < 4.78 is 3.04. The predicted molar refractivity (Wildman–Crippen MR) is 78.2 cm³/mol. The first kappa shape index (κ1) is 13.3. The molecular formula is C14H18BrN3. The van der Waals surface area contributed by atoms with Gasteiger partial charge in [-0.2, -0.15) is 5.10 Å². The highest BCUT2D eigenvalue weighted by Crippen LogP contribution is 2.25. The van der Waals surface area contributed by atoms with E-state index in [1.54, 1.807) is 0 Å². The van der Waals surface area contributed by atoms with Gasteiger partial charge >= 0.3 is 0 Å². The van der Waals surface area contributed by atoms with E-state index in [2.05, 4.69) is 53.1 Å². The van der Waals surface area contributed by atoms with E-state index in [9.17, 15) is 0 Å². The number of aromatic nitrogens is 2. The van der Waals surface area contributed by atoms with Crippen LogP contribution in [-0.2, 0) is 6.42 Å². The van der Waals surface area contributed by atoms with Crippen molar-refractivity contribution in [3.63, 3.8) is 0 Å². The van der Waals surface area contributed by atoms with Crippen LogP contribution in [0.4, 0.5) is 0 Å². The molecule has 3 nitrogen and oxygen atoms in total. The first-order valence-electron chi connectivity index (χ1n) is 6.06. The molecule has 0 bridgehead atoms. The van der Waals surface area contributed by atoms with Crippen LogP contribution >= 0.6 is 15.9 Å². The monoisotopic (exact) mass is 307 g/mol. The number of nitrogens with zero attached hydrogens (tertiary/aromatic N) is 2. The summed E-state index contributed by atoms with van der Waals surface area (Å²) in [6, 6.07) is 6.32. The molecular weight excluding hydrogens is 290 g/mol. The maximum absolute atomic E-state index is 5.57. The topological polar surface area (TPSA) is 43.8 Å². The number of hydrogen-bond donors (Lipinski definition) is 1. The van der Waals surface area contributed by atoms with Crippen LogP contribution in [0.25, 0.3) is 5.69 Å². The Morgan fingerprint density at radius 3 is 2.50 bits per heavy atom. The number of benzene rings is 1. The van der Waals surface area contributed by atoms with E-state index in [0.717, 1.165) is 22.3 Å². The second-order valence-corrected chi connectivity index (χ2v) is 5.39. The minimum Gasteiger partial charge on any atom is -0.330 e. The Morgan fingerprint density at radius 1 is 1.28 bits per heavy atom. The number of nitrogens with two attached hydrogens (primary N) is 1. The van der Waals surface area contributed by atoms with E-state index in [0.29, 0.717) is 6.54 Å². The minimum atomic E-state index is 0.671. The number of rotatable bonds is 3. The Bertz CT molecular complexity index is 573. The molecule has 1 heterocycles. The van der Waals surface area contributed by atoms with Crippen molar-refractivity contribution in [2.75, 3.05) is 6.54 Å². The molecule has 0 atom stereocenters. The first-order valence-corrected chi connectivity index (χ1v) is 6.85. The summed E-state index contributed by atoms with van der Waals surface area (Å²) in [5.41, 5.74) is 11.4. The average molecular weight is 308 g/mol. The zero-order chi connectivity index (χ0) is 13.3. The van der Waals surface area contributed by atoms with Gasteiger partial charge in [0.25, 0.3) is 0 Å². The molecule has 1 aromatic heterocycles. The van der Waals surface area contributed by atoms with Gasteiger partial charge < -0.3 is 5.73 Å². The number of hydrogen-bond acceptors (Lipinski definition) is 2. The molecule has 96 valence electrons. The molecule has 0 unspecified atom stereocenters. The van der Waals surface area contributed by atoms with Crippen molar-refractivity contribution in [1.29, 1.82) is 0 Å². The van der Waals surface area contributed by atoms with E-state index < -0.39 is 0 Å². The van der Waals surface area contributed by atoms with Gasteiger partial charge in [0.15, 0.2) is 0 Å². The highest BCUT2D eigenvalue weighted by Gasteiger charge is 2.11. The van der Waals surface area contributed by atoms with Gasteiger partial charge in [-0.25, -0.2) is 4.68 Å². The number of aryl methyl sites for hydroxylation is 1. The van der Waals surface area contributed by atoms with Crippen LogP contribution < -0.4 is 5.73 Å². The lowest BCUT2D eigenvalue weighted by atomic mass is 10.1. The van der Waals surface area contributed by atoms with Crippen LogP contribution in [0.5, 0.6) is 0 Å². The van der Waals surface area contributed by atoms with Crippen molar-refractivity contribution in [1.82, 2.24) is 9.78 Å². The van der Waals surface area contributed by atoms with Crippen LogP contribution in [0.1, 0.15) is 22.5 Å². The molecule has 2 aromatic rings. The Morgan fingerprint density at radius 2 is 2.00 bits per heavy atom. The minimum absolute atomic E-state index is 0.671. The van der Waals surface area contributed by atoms with Gasteiger partial charge in [-0.3, -0.25) is 0 Å². The Labute approximate surface area is 116 Å². The summed E-state index contributed by atoms with van der Waals surface area (Å²) in [5.74, 6) is 0. The largest absolute Gasteiger partial charge is 0.330 e. The van der Waals surface area contributed by atoms with Gasteiger partial charge in [0.2, 0.25) is 0 Å². The summed E-state index contributed by atoms with van der Waals surface area (Å²) in [7, 11) is 0. The van der Waals surface area contributed by atoms with Crippen LogP contribution in [0.2, 0.25) is 0 Å². The average Bonchev–Trinajstić information content (AvgIpc) is 2.58. The van der Waals surface area contributed by atoms with Gasteiger partial charge in [0.1, 0.15) is 0 Å². The fourth-order valence-electron chi connectivity index (χ4n) is 2.00. The second-order valence-electron chi connectivity index (χ2n) is 4.53. The maximum Gasteiger partial charge on any atom is 0.0791 e. The highest BCUT2D eigenvalue weighted by molar-refractivity contribution is 9.10. The van der Waals surface area contributed by atoms with E-state index in [4.69, 9.17) is 5.73 Å². The third kappa shape index (κ3) is 2.35. The molecule has 0 aliphatic rings. The molecule has 1 aromatic carbocycles. The molecule has 18 heavy (non-hydrogen) atoms. The van der Waals surface area contributed by atoms with Crippen LogP contribution in [0.3, 0.4) is 0 Å². The Kier molecular flexibility index (Phi) is 3.88. The van der Waals surface area contributed by atoms with E-state index in [-0.39, 0.29) is 0 Å². The fourth-order valence-corrected chi connectivity index (χ4v) is 2.59. The summed E-state index contributed by atoms with van der Waals surface area (Å²) in [5, 5.41) is 4.58. The molecule has 0 fully saturated rings. The summed E-state index contributed by atoms with van der Waals surface area (Å²) in [4.78, 5) is 0. The normalized spacial score (nSPS) is 10.9. The summed E-state index contributed by atoms with van der Waals surface area (Å²) in [6.07, 6.45) is 0.898. The lowest BCUT2D eigenvalue weighted by Gasteiger charge is -2.09. The van der Waals surface area contributed by atoms with E-state index in [1.807, 2.05) is 11.6 Å². The SMILES string of the molecule is Cc1nn(-c2ccc(CCN)cc2Br)c(C)c1C. The van der Waals surface area contributed by atoms with Crippen molar-refractivity contribution >= 4 is 15.9 Å². The fraction of sp³-hybridized carbons (Fsp3) is 0.357. The molecule has 0 amide bonds. The Balaban J connectivity index is 2.48. The first-order chi connectivity index (χ1) is 8.54. The van der Waals surface area contributed by atoms with E-state index in [1.165, 1.54) is 16.8 Å². The van der Waals surface area contributed by atoms with E-state index >= 15 is 0 Å². The smallest absolute Gasteiger partial charge is 0.0791 e. The Hall–Kier alpha value is -1.13. The third-order valence-electron chi connectivity index (χ3n) is 3.33. The van der Waals surface area contributed by atoms with Gasteiger partial charge in [-0.15, -0.1) is 0 Å². The van der Waals surface area contributed by atoms with Gasteiger partial charge in [0.05, 0.1) is 11.4 Å². The van der Waals surface area contributed by atoms with Crippen LogP contribution in [0, 0.1) is 20.8 Å². The summed E-state index contributed by atoms with van der Waals surface area (Å²) >= 11 is 3.62. The van der Waals surface area contributed by atoms with Crippen LogP contribution in [-0.4, -0.2) is 16.3 Å². The zero-order valence-corrected chi connectivity index (χ0v) is 12.6. The standard InChI is InChI=1S/C14H18BrN3/c1-9-10(2)17-18(11(9)3)14-5-4-12(6-7-16)8-13(14)15/h4-5,8H,6-7,16H2,1-3H3. The molecule has 0 aliphatic heterocycles. The third-order valence-corrected chi connectivity index (χ3v) is 3.96. The molecule has 0 saturated carbocycles. The lowest BCUT2D eigenvalue weighted by molar-refractivity contribution is 0.827. The van der Waals surface area contributed by atoms with Gasteiger partial charge in [0, 0.05) is 10.2 Å². The van der Waals surface area contributed by atoms with Gasteiger partial charge in [-0.05, 0) is 72.9 Å². The molecule has 0 aliphatic carbocycles. The number of halogens is 1. The quantitative estimate of drug-likeness (QED) is 0.947. The zero-order valence-electron chi connectivity index (χ0n) is 11.0. The molecule has 2 rings (SSSR count). The lowest BCUT2D eigenvalue weighted by Crippen LogP contribution is -2.04. The van der Waals surface area contributed by atoms with Crippen LogP contribution in [0.15, 0.2) is 22.7 Å². The molecule has 0 spiro atoms. The summed E-state index contributed by atoms with van der Waals surface area (Å²) in [6.45, 7) is 6.90. The molecule has 0 radical (unpaired) electrons. The predicted octanol–water partition coefficient (Wildman–Crippen LogP) is 3.06. The van der Waals surface area contributed by atoms with Crippen molar-refractivity contribution in [3.8, 4) is 5.69 Å². The van der Waals surface area contributed by atoms with Gasteiger partial charge in [-0.1, -0.05) is 6.07 Å². The maximum atomic E-state index is 5.57. The van der Waals surface area contributed by atoms with Crippen molar-refractivity contribution in [2.45, 2.75) is 27.2 Å². The van der Waals surface area contributed by atoms with Crippen molar-refractivity contribution < 1.29 is 0 Å². The highest BCUT2D eigenvalue weighted by atomic mass is 79.9.